The zero-order chi connectivity index (χ0) is 12.3. The predicted molar refractivity (Wildman–Crippen MR) is 64.4 cm³/mol. The Bertz CT molecular complexity index is 358. The lowest BCUT2D eigenvalue weighted by molar-refractivity contribution is -0.135. The van der Waals surface area contributed by atoms with Gasteiger partial charge in [-0.25, -0.2) is 0 Å². The van der Waals surface area contributed by atoms with Crippen molar-refractivity contribution in [2.75, 3.05) is 7.11 Å². The fourth-order valence-corrected chi connectivity index (χ4v) is 2.81. The van der Waals surface area contributed by atoms with E-state index < -0.39 is 11.7 Å². The fraction of sp³-hybridized carbons (Fsp3) is 0.692. The van der Waals surface area contributed by atoms with Crippen molar-refractivity contribution in [3.8, 4) is 0 Å². The number of ether oxygens (including phenoxy) is 1. The van der Waals surface area contributed by atoms with E-state index in [4.69, 9.17) is 4.74 Å². The van der Waals surface area contributed by atoms with Crippen LogP contribution in [-0.4, -0.2) is 27.8 Å². The molecule has 0 saturated heterocycles. The lowest BCUT2D eigenvalue weighted by Gasteiger charge is -2.41. The molecular weight excluding hydrogens is 216 g/mol. The van der Waals surface area contributed by atoms with Gasteiger partial charge in [0.15, 0.2) is 0 Å². The first-order chi connectivity index (χ1) is 8.18. The number of methoxy groups -OCH3 is 1. The second-order valence-corrected chi connectivity index (χ2v) is 5.00. The van der Waals surface area contributed by atoms with E-state index in [1.807, 2.05) is 0 Å². The lowest BCUT2D eigenvalue weighted by Crippen LogP contribution is -2.43. The second-order valence-electron chi connectivity index (χ2n) is 5.00. The van der Waals surface area contributed by atoms with E-state index in [9.17, 15) is 5.11 Å². The first-order valence-corrected chi connectivity index (χ1v) is 6.17. The number of aliphatic hydroxyl groups is 1. The van der Waals surface area contributed by atoms with E-state index in [2.05, 4.69) is 16.9 Å². The number of aromatic nitrogens is 2. The molecular formula is C13H20N2O2. The maximum Gasteiger partial charge on any atom is 0.126 e. The summed E-state index contributed by atoms with van der Waals surface area (Å²) >= 11 is 0. The Labute approximate surface area is 102 Å². The van der Waals surface area contributed by atoms with Crippen LogP contribution < -0.4 is 0 Å². The summed E-state index contributed by atoms with van der Waals surface area (Å²) < 4.78 is 5.65. The Morgan fingerprint density at radius 3 is 2.94 bits per heavy atom. The molecule has 0 aliphatic heterocycles. The zero-order valence-electron chi connectivity index (χ0n) is 10.5. The molecule has 94 valence electrons. The van der Waals surface area contributed by atoms with Crippen molar-refractivity contribution in [1.29, 1.82) is 0 Å². The number of rotatable bonds is 3. The van der Waals surface area contributed by atoms with Gasteiger partial charge in [-0.3, -0.25) is 9.97 Å². The van der Waals surface area contributed by atoms with Gasteiger partial charge in [0.05, 0.1) is 17.5 Å². The van der Waals surface area contributed by atoms with Gasteiger partial charge in [-0.15, -0.1) is 0 Å². The molecule has 4 heteroatoms. The average Bonchev–Trinajstić information content (AvgIpc) is 2.38. The Morgan fingerprint density at radius 2 is 2.35 bits per heavy atom. The molecule has 3 unspecified atom stereocenters. The smallest absolute Gasteiger partial charge is 0.126 e. The molecule has 1 aromatic heterocycles. The van der Waals surface area contributed by atoms with Crippen LogP contribution in [0.5, 0.6) is 0 Å². The summed E-state index contributed by atoms with van der Waals surface area (Å²) in [6.07, 6.45) is 8.19. The molecule has 1 N–H and O–H groups in total. The van der Waals surface area contributed by atoms with E-state index in [1.54, 1.807) is 25.7 Å². The summed E-state index contributed by atoms with van der Waals surface area (Å²) in [5, 5.41) is 10.5. The molecule has 3 atom stereocenters. The Morgan fingerprint density at radius 1 is 1.53 bits per heavy atom. The standard InChI is InChI=1S/C13H20N2O2/c1-10-4-3-5-13(8-10,17-2)12(16)11-9-14-6-7-15-11/h6-7,9-10,12,16H,3-5,8H2,1-2H3. The summed E-state index contributed by atoms with van der Waals surface area (Å²) in [5.74, 6) is 0.579. The molecule has 0 radical (unpaired) electrons. The maximum atomic E-state index is 10.5. The van der Waals surface area contributed by atoms with Crippen LogP contribution in [0.3, 0.4) is 0 Å². The third-order valence-electron chi connectivity index (χ3n) is 3.76. The van der Waals surface area contributed by atoms with Gasteiger partial charge < -0.3 is 9.84 Å². The molecule has 2 rings (SSSR count). The minimum Gasteiger partial charge on any atom is -0.384 e. The van der Waals surface area contributed by atoms with Crippen molar-refractivity contribution < 1.29 is 9.84 Å². The van der Waals surface area contributed by atoms with Crippen LogP contribution in [0.1, 0.15) is 44.4 Å². The Balaban J connectivity index is 2.23. The molecule has 1 fully saturated rings. The number of hydrogen-bond acceptors (Lipinski definition) is 4. The van der Waals surface area contributed by atoms with Crippen LogP contribution in [0, 0.1) is 5.92 Å². The van der Waals surface area contributed by atoms with Gasteiger partial charge in [-0.05, 0) is 18.8 Å². The third-order valence-corrected chi connectivity index (χ3v) is 3.76. The molecule has 1 aliphatic rings. The topological polar surface area (TPSA) is 55.2 Å². The van der Waals surface area contributed by atoms with Crippen LogP contribution in [0.4, 0.5) is 0 Å². The number of hydrogen-bond donors (Lipinski definition) is 1. The van der Waals surface area contributed by atoms with E-state index >= 15 is 0 Å². The van der Waals surface area contributed by atoms with Crippen molar-refractivity contribution in [1.82, 2.24) is 9.97 Å². The quantitative estimate of drug-likeness (QED) is 0.873. The first-order valence-electron chi connectivity index (χ1n) is 6.17. The molecule has 1 aliphatic carbocycles. The summed E-state index contributed by atoms with van der Waals surface area (Å²) in [6.45, 7) is 2.20. The Kier molecular flexibility index (Phi) is 3.74. The van der Waals surface area contributed by atoms with Crippen LogP contribution in [0.2, 0.25) is 0 Å². The van der Waals surface area contributed by atoms with E-state index in [0.717, 1.165) is 19.3 Å². The van der Waals surface area contributed by atoms with Crippen LogP contribution in [0.15, 0.2) is 18.6 Å². The van der Waals surface area contributed by atoms with Crippen LogP contribution in [0.25, 0.3) is 0 Å². The van der Waals surface area contributed by atoms with Crippen LogP contribution in [-0.2, 0) is 4.74 Å². The molecule has 0 amide bonds. The van der Waals surface area contributed by atoms with Gasteiger partial charge in [0, 0.05) is 19.5 Å². The number of aliphatic hydroxyl groups excluding tert-OH is 1. The molecule has 1 aromatic rings. The van der Waals surface area contributed by atoms with Gasteiger partial charge in [-0.1, -0.05) is 19.8 Å². The third kappa shape index (κ3) is 2.48. The van der Waals surface area contributed by atoms with E-state index in [-0.39, 0.29) is 0 Å². The maximum absolute atomic E-state index is 10.5. The molecule has 4 nitrogen and oxygen atoms in total. The predicted octanol–water partition coefficient (Wildman–Crippen LogP) is 2.11. The second kappa shape index (κ2) is 5.10. The summed E-state index contributed by atoms with van der Waals surface area (Å²) in [7, 11) is 1.68. The SMILES string of the molecule is COC1(C(O)c2cnccn2)CCCC(C)C1. The van der Waals surface area contributed by atoms with Crippen molar-refractivity contribution >= 4 is 0 Å². The summed E-state index contributed by atoms with van der Waals surface area (Å²) in [4.78, 5) is 8.19. The van der Waals surface area contributed by atoms with Gasteiger partial charge in [0.1, 0.15) is 6.10 Å². The highest BCUT2D eigenvalue weighted by molar-refractivity contribution is 5.08. The van der Waals surface area contributed by atoms with Crippen molar-refractivity contribution in [3.05, 3.63) is 24.3 Å². The largest absolute Gasteiger partial charge is 0.384 e. The highest BCUT2D eigenvalue weighted by atomic mass is 16.5. The van der Waals surface area contributed by atoms with Gasteiger partial charge in [-0.2, -0.15) is 0 Å². The highest BCUT2D eigenvalue weighted by Crippen LogP contribution is 2.42. The van der Waals surface area contributed by atoms with Gasteiger partial charge in [0.25, 0.3) is 0 Å². The number of nitrogens with zero attached hydrogens (tertiary/aromatic N) is 2. The minimum atomic E-state index is -0.691. The van der Waals surface area contributed by atoms with Gasteiger partial charge >= 0.3 is 0 Å². The molecule has 1 heterocycles. The molecule has 17 heavy (non-hydrogen) atoms. The Hall–Kier alpha value is -1.00. The van der Waals surface area contributed by atoms with Crippen LogP contribution >= 0.6 is 0 Å². The molecule has 0 aromatic carbocycles. The normalized spacial score (nSPS) is 31.1. The average molecular weight is 236 g/mol. The van der Waals surface area contributed by atoms with E-state index in [0.29, 0.717) is 11.6 Å². The molecule has 1 saturated carbocycles. The summed E-state index contributed by atoms with van der Waals surface area (Å²) in [5.41, 5.74) is 0.108. The monoisotopic (exact) mass is 236 g/mol. The van der Waals surface area contributed by atoms with E-state index in [1.165, 1.54) is 6.42 Å². The first kappa shape index (κ1) is 12.5. The van der Waals surface area contributed by atoms with Crippen molar-refractivity contribution in [2.24, 2.45) is 5.92 Å². The summed E-state index contributed by atoms with van der Waals surface area (Å²) in [6, 6.07) is 0. The molecule has 0 bridgehead atoms. The van der Waals surface area contributed by atoms with Gasteiger partial charge in [0.2, 0.25) is 0 Å². The fourth-order valence-electron chi connectivity index (χ4n) is 2.81. The highest BCUT2D eigenvalue weighted by Gasteiger charge is 2.42. The zero-order valence-corrected chi connectivity index (χ0v) is 10.5. The molecule has 0 spiro atoms. The van der Waals surface area contributed by atoms with Crippen molar-refractivity contribution in [3.63, 3.8) is 0 Å². The minimum absolute atomic E-state index is 0.492. The lowest BCUT2D eigenvalue weighted by atomic mass is 9.75. The van der Waals surface area contributed by atoms with Crippen molar-refractivity contribution in [2.45, 2.75) is 44.3 Å².